The number of nitrogens with one attached hydrogen (secondary N) is 2. The van der Waals surface area contributed by atoms with Crippen LogP contribution in [-0.2, 0) is 25.6 Å². The summed E-state index contributed by atoms with van der Waals surface area (Å²) in [6, 6.07) is 14.3. The van der Waals surface area contributed by atoms with Crippen molar-refractivity contribution < 1.29 is 28.8 Å². The van der Waals surface area contributed by atoms with Crippen molar-refractivity contribution in [1.29, 1.82) is 0 Å². The van der Waals surface area contributed by atoms with Gasteiger partial charge in [-0.25, -0.2) is 9.59 Å². The summed E-state index contributed by atoms with van der Waals surface area (Å²) >= 11 is 0. The van der Waals surface area contributed by atoms with Gasteiger partial charge in [-0.15, -0.1) is 0 Å². The number of benzene rings is 2. The Kier molecular flexibility index (Phi) is 9.65. The molecule has 11 nitrogen and oxygen atoms in total. The molecule has 0 aromatic heterocycles. The molecular weight excluding hydrogens is 516 g/mol. The van der Waals surface area contributed by atoms with Crippen LogP contribution in [0.4, 0.5) is 10.5 Å². The number of nitro benzene ring substituents is 1. The lowest BCUT2D eigenvalue weighted by Crippen LogP contribution is -2.50. The second-order valence-electron chi connectivity index (χ2n) is 9.87. The zero-order valence-corrected chi connectivity index (χ0v) is 23.4. The van der Waals surface area contributed by atoms with Gasteiger partial charge in [-0.2, -0.15) is 0 Å². The number of hydrogen-bond acceptors (Lipinski definition) is 8. The van der Waals surface area contributed by atoms with E-state index < -0.39 is 28.9 Å². The van der Waals surface area contributed by atoms with Crippen molar-refractivity contribution in [3.63, 3.8) is 0 Å². The summed E-state index contributed by atoms with van der Waals surface area (Å²) in [4.78, 5) is 51.8. The summed E-state index contributed by atoms with van der Waals surface area (Å²) in [6.45, 7) is 7.28. The summed E-state index contributed by atoms with van der Waals surface area (Å²) < 4.78 is 10.7. The molecular formula is C29H34N4O7. The fourth-order valence-corrected chi connectivity index (χ4v) is 4.57. The Bertz CT molecular complexity index is 1350. The lowest BCUT2D eigenvalue weighted by molar-refractivity contribution is -0.384. The molecule has 0 fully saturated rings. The van der Waals surface area contributed by atoms with Crippen molar-refractivity contribution in [3.8, 4) is 0 Å². The van der Waals surface area contributed by atoms with Gasteiger partial charge >= 0.3 is 12.1 Å². The van der Waals surface area contributed by atoms with E-state index in [-0.39, 0.29) is 28.8 Å². The first-order chi connectivity index (χ1) is 18.9. The fraction of sp³-hybridized carbons (Fsp3) is 0.345. The summed E-state index contributed by atoms with van der Waals surface area (Å²) in [5, 5.41) is 17.2. The highest BCUT2D eigenvalue weighted by Gasteiger charge is 2.38. The number of dihydropyridines is 1. The number of hydrogen-bond donors (Lipinski definition) is 2. The maximum Gasteiger partial charge on any atom is 0.413 e. The second-order valence-corrected chi connectivity index (χ2v) is 9.87. The SMILES string of the molecule is COC(=O)C1=C(C)NC(C)=C(OC(=O)NC(C(=O)N(C)Cc2ccccc2)C(C)C)C1c1cccc([N+](=O)[O-])c1. The lowest BCUT2D eigenvalue weighted by atomic mass is 9.85. The van der Waals surface area contributed by atoms with Crippen LogP contribution >= 0.6 is 0 Å². The van der Waals surface area contributed by atoms with Crippen molar-refractivity contribution in [2.75, 3.05) is 14.2 Å². The van der Waals surface area contributed by atoms with Gasteiger partial charge in [0, 0.05) is 31.4 Å². The minimum atomic E-state index is -0.978. The predicted molar refractivity (Wildman–Crippen MR) is 148 cm³/mol. The third kappa shape index (κ3) is 6.85. The molecule has 0 spiro atoms. The molecule has 2 N–H and O–H groups in total. The Morgan fingerprint density at radius 3 is 2.35 bits per heavy atom. The first-order valence-corrected chi connectivity index (χ1v) is 12.7. The molecule has 0 bridgehead atoms. The predicted octanol–water partition coefficient (Wildman–Crippen LogP) is 4.37. The van der Waals surface area contributed by atoms with Gasteiger partial charge in [0.25, 0.3) is 5.69 Å². The van der Waals surface area contributed by atoms with Crippen LogP contribution in [0.2, 0.25) is 0 Å². The number of ether oxygens (including phenoxy) is 2. The molecule has 2 amide bonds. The molecule has 1 aliphatic heterocycles. The number of esters is 1. The Hall–Kier alpha value is -4.67. The van der Waals surface area contributed by atoms with Gasteiger partial charge < -0.3 is 25.0 Å². The highest BCUT2D eigenvalue weighted by Crippen LogP contribution is 2.40. The van der Waals surface area contributed by atoms with Crippen molar-refractivity contribution in [3.05, 3.63) is 98.6 Å². The molecule has 2 aromatic rings. The number of likely N-dealkylation sites (N-methyl/N-ethyl adjacent to an activating group) is 1. The van der Waals surface area contributed by atoms with Gasteiger partial charge in [0.2, 0.25) is 5.91 Å². The van der Waals surface area contributed by atoms with Crippen molar-refractivity contribution in [1.82, 2.24) is 15.5 Å². The Labute approximate surface area is 233 Å². The maximum atomic E-state index is 13.3. The first kappa shape index (κ1) is 29.9. The number of carbonyl (C=O) groups excluding carboxylic acids is 3. The number of carbonyl (C=O) groups is 3. The normalized spacial score (nSPS) is 15.7. The highest BCUT2D eigenvalue weighted by molar-refractivity contribution is 5.93. The molecule has 1 aliphatic rings. The zero-order valence-electron chi connectivity index (χ0n) is 23.4. The third-order valence-corrected chi connectivity index (χ3v) is 6.57. The van der Waals surface area contributed by atoms with Crippen LogP contribution in [0.1, 0.15) is 44.7 Å². The molecule has 0 saturated heterocycles. The van der Waals surface area contributed by atoms with Crippen LogP contribution in [0.25, 0.3) is 0 Å². The van der Waals surface area contributed by atoms with E-state index in [1.807, 2.05) is 30.3 Å². The van der Waals surface area contributed by atoms with Gasteiger partial charge in [-0.3, -0.25) is 14.9 Å². The lowest BCUT2D eigenvalue weighted by Gasteiger charge is -2.31. The number of non-ortho nitro benzene ring substituents is 1. The van der Waals surface area contributed by atoms with Crippen LogP contribution < -0.4 is 10.6 Å². The second kappa shape index (κ2) is 12.9. The highest BCUT2D eigenvalue weighted by atomic mass is 16.6. The molecule has 0 saturated carbocycles. The summed E-state index contributed by atoms with van der Waals surface area (Å²) in [6.07, 6.45) is -0.907. The Morgan fingerprint density at radius 2 is 1.75 bits per heavy atom. The van der Waals surface area contributed by atoms with Crippen molar-refractivity contribution in [2.45, 2.75) is 46.2 Å². The van der Waals surface area contributed by atoms with Crippen LogP contribution in [-0.4, -0.2) is 48.0 Å². The summed E-state index contributed by atoms with van der Waals surface area (Å²) in [5.41, 5.74) is 2.12. The molecule has 11 heteroatoms. The molecule has 3 rings (SSSR count). The number of allylic oxidation sites excluding steroid dienone is 3. The fourth-order valence-electron chi connectivity index (χ4n) is 4.57. The van der Waals surface area contributed by atoms with Crippen LogP contribution in [0.3, 0.4) is 0 Å². The van der Waals surface area contributed by atoms with E-state index in [0.29, 0.717) is 23.5 Å². The average molecular weight is 551 g/mol. The zero-order chi connectivity index (χ0) is 29.6. The van der Waals surface area contributed by atoms with Gasteiger partial charge in [0.15, 0.2) is 0 Å². The smallest absolute Gasteiger partial charge is 0.413 e. The number of amides is 2. The molecule has 212 valence electrons. The molecule has 2 atom stereocenters. The topological polar surface area (TPSA) is 140 Å². The average Bonchev–Trinajstić information content (AvgIpc) is 2.92. The largest absolute Gasteiger partial charge is 0.466 e. The molecule has 40 heavy (non-hydrogen) atoms. The van der Waals surface area contributed by atoms with E-state index in [2.05, 4.69) is 10.6 Å². The van der Waals surface area contributed by atoms with E-state index in [1.165, 1.54) is 30.2 Å². The van der Waals surface area contributed by atoms with Crippen molar-refractivity contribution >= 4 is 23.7 Å². The van der Waals surface area contributed by atoms with Gasteiger partial charge in [-0.1, -0.05) is 56.3 Å². The van der Waals surface area contributed by atoms with E-state index in [1.54, 1.807) is 40.8 Å². The molecule has 0 radical (unpaired) electrons. The van der Waals surface area contributed by atoms with Crippen LogP contribution in [0, 0.1) is 16.0 Å². The van der Waals surface area contributed by atoms with Crippen molar-refractivity contribution in [2.24, 2.45) is 5.92 Å². The number of alkyl carbamates (subject to hydrolysis) is 1. The summed E-state index contributed by atoms with van der Waals surface area (Å²) in [5.74, 6) is -2.18. The number of rotatable bonds is 9. The number of nitrogens with zero attached hydrogens (tertiary/aromatic N) is 2. The molecule has 2 unspecified atom stereocenters. The molecule has 0 aliphatic carbocycles. The van der Waals surface area contributed by atoms with E-state index in [9.17, 15) is 24.5 Å². The van der Waals surface area contributed by atoms with Gasteiger partial charge in [0.1, 0.15) is 11.8 Å². The molecule has 1 heterocycles. The Morgan fingerprint density at radius 1 is 1.07 bits per heavy atom. The Balaban J connectivity index is 1.90. The minimum absolute atomic E-state index is 0.0524. The van der Waals surface area contributed by atoms with Crippen LogP contribution in [0.5, 0.6) is 0 Å². The minimum Gasteiger partial charge on any atom is -0.466 e. The maximum absolute atomic E-state index is 13.3. The summed E-state index contributed by atoms with van der Waals surface area (Å²) in [7, 11) is 2.88. The van der Waals surface area contributed by atoms with Gasteiger partial charge in [0.05, 0.1) is 29.2 Å². The van der Waals surface area contributed by atoms with Gasteiger partial charge in [-0.05, 0) is 30.9 Å². The monoisotopic (exact) mass is 550 g/mol. The van der Waals surface area contributed by atoms with E-state index in [0.717, 1.165) is 5.56 Å². The first-order valence-electron chi connectivity index (χ1n) is 12.7. The molecule has 2 aromatic carbocycles. The van der Waals surface area contributed by atoms with E-state index in [4.69, 9.17) is 9.47 Å². The number of methoxy groups -OCH3 is 1. The third-order valence-electron chi connectivity index (χ3n) is 6.57. The van der Waals surface area contributed by atoms with E-state index >= 15 is 0 Å². The standard InChI is InChI=1S/C29H34N4O7/c1-17(2)25(27(34)32(5)16-20-11-8-7-9-12-20)31-29(36)40-26-19(4)30-18(3)23(28(35)39-6)24(26)21-13-10-14-22(15-21)33(37)38/h7-15,17,24-25,30H,16H2,1-6H3,(H,31,36). The van der Waals surface area contributed by atoms with Crippen LogP contribution in [0.15, 0.2) is 77.3 Å². The quantitative estimate of drug-likeness (QED) is 0.267. The number of nitro groups is 1.